The maximum Gasteiger partial charge on any atom is 0.312 e. The highest BCUT2D eigenvalue weighted by Gasteiger charge is 2.39. The summed E-state index contributed by atoms with van der Waals surface area (Å²) in [4.78, 5) is 33.8. The Morgan fingerprint density at radius 3 is 1.50 bits per heavy atom. The molecule has 0 amide bonds. The van der Waals surface area contributed by atoms with Crippen LogP contribution in [-0.4, -0.2) is 39.2 Å². The molecule has 0 saturated heterocycles. The summed E-state index contributed by atoms with van der Waals surface area (Å²) < 4.78 is 13.5. The van der Waals surface area contributed by atoms with E-state index in [2.05, 4.69) is 14.2 Å². The zero-order valence-corrected chi connectivity index (χ0v) is 9.86. The highest BCUT2D eigenvalue weighted by Crippen LogP contribution is 2.28. The summed E-state index contributed by atoms with van der Waals surface area (Å²) in [5.74, 6) is -1.82. The van der Waals surface area contributed by atoms with Crippen LogP contribution in [0.15, 0.2) is 0 Å². The van der Waals surface area contributed by atoms with Crippen LogP contribution in [0.1, 0.15) is 19.8 Å². The molecular weight excluding hydrogens is 216 g/mol. The summed E-state index contributed by atoms with van der Waals surface area (Å²) in [6, 6.07) is 0. The number of ether oxygens (including phenoxy) is 3. The van der Waals surface area contributed by atoms with E-state index in [9.17, 15) is 14.4 Å². The molecule has 0 heterocycles. The highest BCUT2D eigenvalue weighted by molar-refractivity contribution is 5.87. The van der Waals surface area contributed by atoms with Crippen molar-refractivity contribution in [1.82, 2.24) is 0 Å². The summed E-state index contributed by atoms with van der Waals surface area (Å²) in [5, 5.41) is 0. The summed E-state index contributed by atoms with van der Waals surface area (Å²) in [6.45, 7) is 1.45. The van der Waals surface area contributed by atoms with E-state index in [1.807, 2.05) is 0 Å². The second kappa shape index (κ2) is 6.09. The minimum atomic E-state index is -1.26. The number of esters is 3. The van der Waals surface area contributed by atoms with Crippen LogP contribution in [0, 0.1) is 5.41 Å². The molecule has 6 heteroatoms. The van der Waals surface area contributed by atoms with Crippen LogP contribution in [0.3, 0.4) is 0 Å². The lowest BCUT2D eigenvalue weighted by Gasteiger charge is -2.23. The number of rotatable bonds is 5. The molecule has 6 nitrogen and oxygen atoms in total. The van der Waals surface area contributed by atoms with Gasteiger partial charge in [-0.25, -0.2) is 0 Å². The van der Waals surface area contributed by atoms with Gasteiger partial charge in [-0.05, 0) is 6.92 Å². The van der Waals surface area contributed by atoms with Gasteiger partial charge in [-0.2, -0.15) is 0 Å². The molecule has 0 aliphatic heterocycles. The van der Waals surface area contributed by atoms with Crippen LogP contribution >= 0.6 is 0 Å². The summed E-state index contributed by atoms with van der Waals surface area (Å²) in [5.41, 5.74) is -1.26. The van der Waals surface area contributed by atoms with Crippen LogP contribution in [0.5, 0.6) is 0 Å². The molecule has 0 bridgehead atoms. The van der Waals surface area contributed by atoms with E-state index < -0.39 is 23.3 Å². The van der Waals surface area contributed by atoms with E-state index in [1.54, 1.807) is 0 Å². The largest absolute Gasteiger partial charge is 0.469 e. The summed E-state index contributed by atoms with van der Waals surface area (Å²) in [6.07, 6.45) is -0.462. The second-order valence-electron chi connectivity index (χ2n) is 3.56. The molecule has 16 heavy (non-hydrogen) atoms. The van der Waals surface area contributed by atoms with Crippen LogP contribution in [-0.2, 0) is 28.6 Å². The van der Waals surface area contributed by atoms with Crippen molar-refractivity contribution in [3.05, 3.63) is 0 Å². The topological polar surface area (TPSA) is 78.9 Å². The third-order valence-corrected chi connectivity index (χ3v) is 2.20. The summed E-state index contributed by atoms with van der Waals surface area (Å²) in [7, 11) is 3.60. The van der Waals surface area contributed by atoms with Crippen molar-refractivity contribution in [2.75, 3.05) is 21.3 Å². The van der Waals surface area contributed by atoms with Crippen LogP contribution in [0.25, 0.3) is 0 Å². The third kappa shape index (κ3) is 3.88. The Morgan fingerprint density at radius 2 is 1.25 bits per heavy atom. The standard InChI is InChI=1S/C10H16O6/c1-10(9(13)16-4,5-7(11)14-2)6-8(12)15-3/h5-6H2,1-4H3. The van der Waals surface area contributed by atoms with Gasteiger partial charge in [-0.3, -0.25) is 14.4 Å². The van der Waals surface area contributed by atoms with Crippen molar-refractivity contribution in [2.24, 2.45) is 5.41 Å². The first-order valence-electron chi connectivity index (χ1n) is 4.61. The Kier molecular flexibility index (Phi) is 5.49. The third-order valence-electron chi connectivity index (χ3n) is 2.20. The zero-order valence-electron chi connectivity index (χ0n) is 9.86. The Hall–Kier alpha value is -1.59. The lowest BCUT2D eigenvalue weighted by atomic mass is 9.83. The van der Waals surface area contributed by atoms with E-state index in [4.69, 9.17) is 0 Å². The number of carbonyl (C=O) groups is 3. The molecular formula is C10H16O6. The first kappa shape index (κ1) is 14.4. The Labute approximate surface area is 93.8 Å². The SMILES string of the molecule is COC(=O)CC(C)(CC(=O)OC)C(=O)OC. The van der Waals surface area contributed by atoms with E-state index in [1.165, 1.54) is 28.3 Å². The quantitative estimate of drug-likeness (QED) is 0.500. The smallest absolute Gasteiger partial charge is 0.312 e. The second-order valence-corrected chi connectivity index (χ2v) is 3.56. The maximum absolute atomic E-state index is 11.5. The van der Waals surface area contributed by atoms with E-state index in [0.717, 1.165) is 0 Å². The number of hydrogen-bond acceptors (Lipinski definition) is 6. The number of methoxy groups -OCH3 is 3. The minimum absolute atomic E-state index is 0.231. The van der Waals surface area contributed by atoms with Gasteiger partial charge >= 0.3 is 17.9 Å². The average molecular weight is 232 g/mol. The van der Waals surface area contributed by atoms with Gasteiger partial charge in [0, 0.05) is 0 Å². The lowest BCUT2D eigenvalue weighted by Crippen LogP contribution is -2.34. The molecule has 0 rings (SSSR count). The van der Waals surface area contributed by atoms with Gasteiger partial charge in [0.15, 0.2) is 0 Å². The predicted octanol–water partition coefficient (Wildman–Crippen LogP) is 0.292. The normalized spacial score (nSPS) is 10.5. The Morgan fingerprint density at radius 1 is 0.875 bits per heavy atom. The van der Waals surface area contributed by atoms with E-state index in [0.29, 0.717) is 0 Å². The first-order valence-corrected chi connectivity index (χ1v) is 4.61. The Bertz CT molecular complexity index is 265. The molecule has 0 fully saturated rings. The van der Waals surface area contributed by atoms with E-state index in [-0.39, 0.29) is 12.8 Å². The molecule has 0 radical (unpaired) electrons. The molecule has 0 aromatic rings. The molecule has 0 aliphatic carbocycles. The molecule has 0 unspecified atom stereocenters. The van der Waals surface area contributed by atoms with Gasteiger partial charge in [-0.1, -0.05) is 0 Å². The van der Waals surface area contributed by atoms with Gasteiger partial charge in [0.05, 0.1) is 39.6 Å². The fourth-order valence-corrected chi connectivity index (χ4v) is 1.23. The van der Waals surface area contributed by atoms with Crippen molar-refractivity contribution in [2.45, 2.75) is 19.8 Å². The fraction of sp³-hybridized carbons (Fsp3) is 0.700. The molecule has 0 N–H and O–H groups in total. The molecule has 0 aromatic heterocycles. The Balaban J connectivity index is 4.81. The minimum Gasteiger partial charge on any atom is -0.469 e. The van der Waals surface area contributed by atoms with Gasteiger partial charge in [0.1, 0.15) is 0 Å². The van der Waals surface area contributed by atoms with Crippen molar-refractivity contribution >= 4 is 17.9 Å². The number of hydrogen-bond donors (Lipinski definition) is 0. The molecule has 0 atom stereocenters. The van der Waals surface area contributed by atoms with Gasteiger partial charge in [0.2, 0.25) is 0 Å². The molecule has 0 saturated carbocycles. The monoisotopic (exact) mass is 232 g/mol. The van der Waals surface area contributed by atoms with Crippen molar-refractivity contribution in [3.8, 4) is 0 Å². The molecule has 0 aromatic carbocycles. The van der Waals surface area contributed by atoms with Crippen molar-refractivity contribution in [3.63, 3.8) is 0 Å². The molecule has 0 aliphatic rings. The van der Waals surface area contributed by atoms with Crippen LogP contribution < -0.4 is 0 Å². The van der Waals surface area contributed by atoms with Crippen molar-refractivity contribution < 1.29 is 28.6 Å². The zero-order chi connectivity index (χ0) is 12.8. The lowest BCUT2D eigenvalue weighted by molar-refractivity contribution is -0.163. The fourth-order valence-electron chi connectivity index (χ4n) is 1.23. The summed E-state index contributed by atoms with van der Waals surface area (Å²) >= 11 is 0. The first-order chi connectivity index (χ1) is 7.39. The van der Waals surface area contributed by atoms with Gasteiger partial charge < -0.3 is 14.2 Å². The van der Waals surface area contributed by atoms with Crippen molar-refractivity contribution in [1.29, 1.82) is 0 Å². The predicted molar refractivity (Wildman–Crippen MR) is 53.4 cm³/mol. The number of carbonyl (C=O) groups excluding carboxylic acids is 3. The van der Waals surface area contributed by atoms with Gasteiger partial charge in [-0.15, -0.1) is 0 Å². The average Bonchev–Trinajstić information content (AvgIpc) is 2.27. The highest BCUT2D eigenvalue weighted by atomic mass is 16.5. The molecule has 92 valence electrons. The van der Waals surface area contributed by atoms with Gasteiger partial charge in [0.25, 0.3) is 0 Å². The van der Waals surface area contributed by atoms with E-state index >= 15 is 0 Å². The molecule has 0 spiro atoms. The van der Waals surface area contributed by atoms with Crippen LogP contribution in [0.4, 0.5) is 0 Å². The maximum atomic E-state index is 11.5. The van der Waals surface area contributed by atoms with Crippen LogP contribution in [0.2, 0.25) is 0 Å².